The zero-order chi connectivity index (χ0) is 14.7. The van der Waals surface area contributed by atoms with Gasteiger partial charge in [0.05, 0.1) is 0 Å². The predicted molar refractivity (Wildman–Crippen MR) is 75.2 cm³/mol. The fourth-order valence-electron chi connectivity index (χ4n) is 1.79. The van der Waals surface area contributed by atoms with Gasteiger partial charge in [0.2, 0.25) is 6.41 Å². The third kappa shape index (κ3) is 2.66. The second-order valence-corrected chi connectivity index (χ2v) is 4.32. The number of nitrogens with two attached hydrogens (primary N) is 1. The number of rotatable bonds is 4. The molecule has 4 nitrogen and oxygen atoms in total. The van der Waals surface area contributed by atoms with E-state index in [0.717, 1.165) is 6.07 Å². The third-order valence-corrected chi connectivity index (χ3v) is 2.95. The van der Waals surface area contributed by atoms with Gasteiger partial charge in [-0.3, -0.25) is 9.59 Å². The zero-order valence-electron chi connectivity index (χ0n) is 10.8. The molecular formula is C15H13FN2O2. The minimum absolute atomic E-state index is 0.126. The maximum absolute atomic E-state index is 13.2. The molecule has 0 aliphatic carbocycles. The molecular weight excluding hydrogens is 259 g/mol. The van der Waals surface area contributed by atoms with Crippen molar-refractivity contribution in [1.29, 1.82) is 0 Å². The average Bonchev–Trinajstić information content (AvgIpc) is 2.48. The number of halogens is 1. The molecule has 102 valence electrons. The van der Waals surface area contributed by atoms with Gasteiger partial charge in [0.25, 0.3) is 0 Å². The molecule has 0 aliphatic rings. The van der Waals surface area contributed by atoms with E-state index in [1.54, 1.807) is 31.3 Å². The maximum Gasteiger partial charge on any atom is 0.213 e. The van der Waals surface area contributed by atoms with Gasteiger partial charge in [-0.15, -0.1) is 0 Å². The summed E-state index contributed by atoms with van der Waals surface area (Å²) in [6.07, 6.45) is 0.668. The molecule has 0 saturated carbocycles. The van der Waals surface area contributed by atoms with Gasteiger partial charge >= 0.3 is 0 Å². The summed E-state index contributed by atoms with van der Waals surface area (Å²) in [5.74, 6) is -0.873. The molecule has 0 fully saturated rings. The summed E-state index contributed by atoms with van der Waals surface area (Å²) in [7, 11) is 1.61. The van der Waals surface area contributed by atoms with Crippen molar-refractivity contribution >= 4 is 23.6 Å². The second-order valence-electron chi connectivity index (χ2n) is 4.32. The summed E-state index contributed by atoms with van der Waals surface area (Å²) in [6.45, 7) is 0. The number of hydrogen-bond donors (Lipinski definition) is 1. The molecule has 0 atom stereocenters. The van der Waals surface area contributed by atoms with Crippen molar-refractivity contribution < 1.29 is 14.0 Å². The Balaban J connectivity index is 2.34. The van der Waals surface area contributed by atoms with E-state index in [9.17, 15) is 14.0 Å². The van der Waals surface area contributed by atoms with Gasteiger partial charge in [-0.2, -0.15) is 0 Å². The highest BCUT2D eigenvalue weighted by Gasteiger charge is 2.13. The number of nitrogen functional groups attached to an aromatic ring is 1. The van der Waals surface area contributed by atoms with Crippen LogP contribution in [0.15, 0.2) is 42.5 Å². The lowest BCUT2D eigenvalue weighted by Crippen LogP contribution is -2.13. The van der Waals surface area contributed by atoms with Crippen molar-refractivity contribution in [1.82, 2.24) is 0 Å². The van der Waals surface area contributed by atoms with E-state index in [1.807, 2.05) is 0 Å². The molecule has 1 amide bonds. The predicted octanol–water partition coefficient (Wildman–Crippen LogP) is 2.23. The van der Waals surface area contributed by atoms with E-state index < -0.39 is 5.82 Å². The number of carbonyl (C=O) groups excluding carboxylic acids is 2. The molecule has 0 aromatic heterocycles. The monoisotopic (exact) mass is 272 g/mol. The molecule has 0 aliphatic heterocycles. The molecule has 0 unspecified atom stereocenters. The Morgan fingerprint density at radius 2 is 1.85 bits per heavy atom. The molecule has 0 saturated heterocycles. The van der Waals surface area contributed by atoms with E-state index in [-0.39, 0.29) is 17.0 Å². The van der Waals surface area contributed by atoms with Gasteiger partial charge in [-0.25, -0.2) is 4.39 Å². The number of amides is 1. The van der Waals surface area contributed by atoms with Gasteiger partial charge < -0.3 is 10.6 Å². The van der Waals surface area contributed by atoms with E-state index in [2.05, 4.69) is 0 Å². The molecule has 0 bridgehead atoms. The molecule has 0 heterocycles. The molecule has 2 N–H and O–H groups in total. The fraction of sp³-hybridized carbons (Fsp3) is 0.0667. The maximum atomic E-state index is 13.2. The van der Waals surface area contributed by atoms with Crippen LogP contribution in [0.3, 0.4) is 0 Å². The topological polar surface area (TPSA) is 63.4 Å². The Bertz CT molecular complexity index is 653. The number of benzene rings is 2. The van der Waals surface area contributed by atoms with Crippen LogP contribution in [0, 0.1) is 5.82 Å². The first kappa shape index (κ1) is 13.7. The van der Waals surface area contributed by atoms with Crippen molar-refractivity contribution in [3.05, 3.63) is 59.4 Å². The first-order valence-corrected chi connectivity index (χ1v) is 5.91. The quantitative estimate of drug-likeness (QED) is 0.527. The number of hydrogen-bond acceptors (Lipinski definition) is 3. The summed E-state index contributed by atoms with van der Waals surface area (Å²) in [5, 5.41) is 0. The summed E-state index contributed by atoms with van der Waals surface area (Å²) < 4.78 is 13.2. The Kier molecular flexibility index (Phi) is 3.79. The second kappa shape index (κ2) is 5.52. The Hall–Kier alpha value is -2.69. The van der Waals surface area contributed by atoms with Gasteiger partial charge in [0.1, 0.15) is 5.82 Å². The molecule has 2 aromatic rings. The molecule has 5 heteroatoms. The van der Waals surface area contributed by atoms with Crippen molar-refractivity contribution in [3.63, 3.8) is 0 Å². The van der Waals surface area contributed by atoms with Gasteiger partial charge in [0.15, 0.2) is 5.78 Å². The first-order valence-electron chi connectivity index (χ1n) is 5.91. The van der Waals surface area contributed by atoms with Crippen LogP contribution in [0.2, 0.25) is 0 Å². The van der Waals surface area contributed by atoms with Crippen molar-refractivity contribution in [3.8, 4) is 0 Å². The van der Waals surface area contributed by atoms with Crippen LogP contribution >= 0.6 is 0 Å². The van der Waals surface area contributed by atoms with Gasteiger partial charge in [0, 0.05) is 29.5 Å². The van der Waals surface area contributed by atoms with Crippen LogP contribution in [-0.4, -0.2) is 19.2 Å². The van der Waals surface area contributed by atoms with E-state index in [1.165, 1.54) is 17.0 Å². The summed E-state index contributed by atoms with van der Waals surface area (Å²) >= 11 is 0. The van der Waals surface area contributed by atoms with Crippen LogP contribution in [0.5, 0.6) is 0 Å². The van der Waals surface area contributed by atoms with Crippen molar-refractivity contribution in [2.75, 3.05) is 17.7 Å². The summed E-state index contributed by atoms with van der Waals surface area (Å²) in [6, 6.07) is 10.1. The molecule has 0 spiro atoms. The fourth-order valence-corrected chi connectivity index (χ4v) is 1.79. The number of carbonyl (C=O) groups is 2. The first-order chi connectivity index (χ1) is 9.52. The van der Waals surface area contributed by atoms with E-state index in [4.69, 9.17) is 5.73 Å². The summed E-state index contributed by atoms with van der Waals surface area (Å²) in [4.78, 5) is 24.2. The van der Waals surface area contributed by atoms with Crippen molar-refractivity contribution in [2.45, 2.75) is 0 Å². The summed E-state index contributed by atoms with van der Waals surface area (Å²) in [5.41, 5.74) is 7.08. The van der Waals surface area contributed by atoms with Crippen LogP contribution in [0.1, 0.15) is 15.9 Å². The number of nitrogens with zero attached hydrogens (tertiary/aromatic N) is 1. The minimum atomic E-state index is -0.514. The lowest BCUT2D eigenvalue weighted by atomic mass is 10.0. The highest BCUT2D eigenvalue weighted by molar-refractivity contribution is 6.12. The minimum Gasteiger partial charge on any atom is -0.398 e. The zero-order valence-corrected chi connectivity index (χ0v) is 10.8. The lowest BCUT2D eigenvalue weighted by Gasteiger charge is -2.11. The highest BCUT2D eigenvalue weighted by Crippen LogP contribution is 2.20. The Morgan fingerprint density at radius 3 is 2.45 bits per heavy atom. The van der Waals surface area contributed by atoms with Crippen LogP contribution in [-0.2, 0) is 4.79 Å². The normalized spacial score (nSPS) is 10.1. The number of anilines is 2. The number of ketones is 1. The van der Waals surface area contributed by atoms with Crippen LogP contribution < -0.4 is 10.6 Å². The smallest absolute Gasteiger partial charge is 0.213 e. The van der Waals surface area contributed by atoms with E-state index in [0.29, 0.717) is 17.7 Å². The van der Waals surface area contributed by atoms with Gasteiger partial charge in [-0.1, -0.05) is 0 Å². The van der Waals surface area contributed by atoms with E-state index >= 15 is 0 Å². The molecule has 2 aromatic carbocycles. The molecule has 2 rings (SSSR count). The van der Waals surface area contributed by atoms with Crippen molar-refractivity contribution in [2.24, 2.45) is 0 Å². The van der Waals surface area contributed by atoms with Gasteiger partial charge in [-0.05, 0) is 42.5 Å². The highest BCUT2D eigenvalue weighted by atomic mass is 19.1. The standard InChI is InChI=1S/C15H13FN2O2/c1-18(9-19)12-5-2-10(3-6-12)15(20)13-8-11(16)4-7-14(13)17/h2-9H,17H2,1H3. The molecule has 20 heavy (non-hydrogen) atoms. The Morgan fingerprint density at radius 1 is 1.20 bits per heavy atom. The van der Waals surface area contributed by atoms with Crippen LogP contribution in [0.25, 0.3) is 0 Å². The average molecular weight is 272 g/mol. The Labute approximate surface area is 115 Å². The van der Waals surface area contributed by atoms with Crippen LogP contribution in [0.4, 0.5) is 15.8 Å². The third-order valence-electron chi connectivity index (χ3n) is 2.95. The molecule has 0 radical (unpaired) electrons. The largest absolute Gasteiger partial charge is 0.398 e. The lowest BCUT2D eigenvalue weighted by molar-refractivity contribution is -0.107. The SMILES string of the molecule is CN(C=O)c1ccc(C(=O)c2cc(F)ccc2N)cc1.